The highest BCUT2D eigenvalue weighted by Crippen LogP contribution is 2.07. The highest BCUT2D eigenvalue weighted by molar-refractivity contribution is 5.52. The third kappa shape index (κ3) is 7.14. The molecule has 0 aromatic rings. The standard InChI is InChI=1S/C12H25N3/c1-6-13-10-12(9-8-11(3)4)15(5)14-7-2/h7,9,11,13H,6,8,10H2,1-5H3/b12-9-,14-7-. The van der Waals surface area contributed by atoms with Crippen molar-refractivity contribution in [3.63, 3.8) is 0 Å². The Morgan fingerprint density at radius 1 is 1.47 bits per heavy atom. The quantitative estimate of drug-likeness (QED) is 0.517. The van der Waals surface area contributed by atoms with E-state index in [1.54, 1.807) is 0 Å². The van der Waals surface area contributed by atoms with Crippen molar-refractivity contribution in [2.45, 2.75) is 34.1 Å². The van der Waals surface area contributed by atoms with Crippen LogP contribution in [-0.4, -0.2) is 31.4 Å². The minimum Gasteiger partial charge on any atom is -0.311 e. The van der Waals surface area contributed by atoms with E-state index in [1.807, 2.05) is 25.2 Å². The first kappa shape index (κ1) is 14.2. The fourth-order valence-electron chi connectivity index (χ4n) is 1.19. The Hall–Kier alpha value is -0.830. The molecule has 0 radical (unpaired) electrons. The summed E-state index contributed by atoms with van der Waals surface area (Å²) in [5.74, 6) is 0.695. The van der Waals surface area contributed by atoms with E-state index in [0.717, 1.165) is 19.5 Å². The summed E-state index contributed by atoms with van der Waals surface area (Å²) in [5.41, 5.74) is 1.24. The summed E-state index contributed by atoms with van der Waals surface area (Å²) in [6.45, 7) is 10.4. The molecule has 0 heterocycles. The van der Waals surface area contributed by atoms with Crippen molar-refractivity contribution in [2.75, 3.05) is 20.1 Å². The van der Waals surface area contributed by atoms with E-state index in [1.165, 1.54) is 5.70 Å². The largest absolute Gasteiger partial charge is 0.311 e. The Labute approximate surface area is 94.2 Å². The van der Waals surface area contributed by atoms with Gasteiger partial charge in [0, 0.05) is 25.5 Å². The summed E-state index contributed by atoms with van der Waals surface area (Å²) in [4.78, 5) is 0. The molecule has 0 fully saturated rings. The Bertz CT molecular complexity index is 207. The lowest BCUT2D eigenvalue weighted by Crippen LogP contribution is -2.24. The van der Waals surface area contributed by atoms with Crippen LogP contribution in [0.25, 0.3) is 0 Å². The molecule has 15 heavy (non-hydrogen) atoms. The number of hydrogen-bond acceptors (Lipinski definition) is 3. The lowest BCUT2D eigenvalue weighted by Gasteiger charge is -2.18. The molecule has 3 heteroatoms. The van der Waals surface area contributed by atoms with Gasteiger partial charge in [-0.3, -0.25) is 5.01 Å². The summed E-state index contributed by atoms with van der Waals surface area (Å²) in [6, 6.07) is 0. The lowest BCUT2D eigenvalue weighted by molar-refractivity contribution is 0.424. The molecule has 0 bridgehead atoms. The SMILES string of the molecule is C/C=N\N(C)/C(=C\CC(C)C)CNCC. The molecule has 0 aromatic heterocycles. The second-order valence-electron chi connectivity index (χ2n) is 4.00. The summed E-state index contributed by atoms with van der Waals surface area (Å²) in [5, 5.41) is 9.52. The molecule has 0 aliphatic heterocycles. The van der Waals surface area contributed by atoms with E-state index >= 15 is 0 Å². The topological polar surface area (TPSA) is 27.6 Å². The lowest BCUT2D eigenvalue weighted by atomic mass is 10.1. The van der Waals surface area contributed by atoms with E-state index in [0.29, 0.717) is 5.92 Å². The van der Waals surface area contributed by atoms with Crippen molar-refractivity contribution < 1.29 is 0 Å². The molecule has 0 saturated heterocycles. The molecular formula is C12H25N3. The molecular weight excluding hydrogens is 186 g/mol. The van der Waals surface area contributed by atoms with Crippen LogP contribution in [0.2, 0.25) is 0 Å². The van der Waals surface area contributed by atoms with Crippen molar-refractivity contribution in [1.82, 2.24) is 10.3 Å². The zero-order valence-electron chi connectivity index (χ0n) is 10.7. The van der Waals surface area contributed by atoms with E-state index in [4.69, 9.17) is 0 Å². The van der Waals surface area contributed by atoms with Crippen LogP contribution in [0.15, 0.2) is 16.9 Å². The normalized spacial score (nSPS) is 12.8. The van der Waals surface area contributed by atoms with Crippen LogP contribution in [0, 0.1) is 5.92 Å². The molecule has 0 spiro atoms. The second-order valence-corrected chi connectivity index (χ2v) is 4.00. The highest BCUT2D eigenvalue weighted by atomic mass is 15.4. The molecule has 0 atom stereocenters. The summed E-state index contributed by atoms with van der Waals surface area (Å²) < 4.78 is 0. The number of nitrogens with one attached hydrogen (secondary N) is 1. The van der Waals surface area contributed by atoms with Gasteiger partial charge in [-0.1, -0.05) is 26.8 Å². The van der Waals surface area contributed by atoms with Crippen LogP contribution in [0.1, 0.15) is 34.1 Å². The Morgan fingerprint density at radius 2 is 2.13 bits per heavy atom. The van der Waals surface area contributed by atoms with Gasteiger partial charge >= 0.3 is 0 Å². The van der Waals surface area contributed by atoms with Gasteiger partial charge in [-0.05, 0) is 25.8 Å². The van der Waals surface area contributed by atoms with Crippen LogP contribution in [0.3, 0.4) is 0 Å². The third-order valence-electron chi connectivity index (χ3n) is 2.09. The number of rotatable bonds is 7. The number of allylic oxidation sites excluding steroid dienone is 1. The Morgan fingerprint density at radius 3 is 2.60 bits per heavy atom. The average molecular weight is 211 g/mol. The summed E-state index contributed by atoms with van der Waals surface area (Å²) in [7, 11) is 1.99. The zero-order valence-corrected chi connectivity index (χ0v) is 10.7. The maximum atomic E-state index is 4.26. The summed E-state index contributed by atoms with van der Waals surface area (Å²) in [6.07, 6.45) is 5.18. The van der Waals surface area contributed by atoms with Crippen molar-refractivity contribution in [2.24, 2.45) is 11.0 Å². The van der Waals surface area contributed by atoms with Gasteiger partial charge in [0.2, 0.25) is 0 Å². The molecule has 0 unspecified atom stereocenters. The number of likely N-dealkylation sites (N-methyl/N-ethyl adjacent to an activating group) is 2. The van der Waals surface area contributed by atoms with E-state index in [9.17, 15) is 0 Å². The molecule has 88 valence electrons. The maximum Gasteiger partial charge on any atom is 0.0462 e. The maximum absolute atomic E-state index is 4.26. The van der Waals surface area contributed by atoms with Crippen molar-refractivity contribution in [3.8, 4) is 0 Å². The molecule has 0 aromatic carbocycles. The smallest absolute Gasteiger partial charge is 0.0462 e. The molecule has 0 aliphatic rings. The fourth-order valence-corrected chi connectivity index (χ4v) is 1.19. The monoisotopic (exact) mass is 211 g/mol. The molecule has 1 N–H and O–H groups in total. The Kier molecular flexibility index (Phi) is 8.01. The third-order valence-corrected chi connectivity index (χ3v) is 2.09. The molecule has 0 aliphatic carbocycles. The Balaban J connectivity index is 4.34. The molecule has 0 saturated carbocycles. The van der Waals surface area contributed by atoms with E-state index in [-0.39, 0.29) is 0 Å². The van der Waals surface area contributed by atoms with E-state index < -0.39 is 0 Å². The van der Waals surface area contributed by atoms with Gasteiger partial charge in [0.15, 0.2) is 0 Å². The molecule has 3 nitrogen and oxygen atoms in total. The molecule has 0 rings (SSSR count). The van der Waals surface area contributed by atoms with Crippen molar-refractivity contribution in [1.29, 1.82) is 0 Å². The second kappa shape index (κ2) is 8.48. The van der Waals surface area contributed by atoms with Crippen molar-refractivity contribution >= 4 is 6.21 Å². The number of hydrogen-bond donors (Lipinski definition) is 1. The van der Waals surface area contributed by atoms with Crippen LogP contribution >= 0.6 is 0 Å². The number of nitrogens with zero attached hydrogens (tertiary/aromatic N) is 2. The molecule has 0 amide bonds. The van der Waals surface area contributed by atoms with Gasteiger partial charge in [0.25, 0.3) is 0 Å². The van der Waals surface area contributed by atoms with Crippen molar-refractivity contribution in [3.05, 3.63) is 11.8 Å². The summed E-state index contributed by atoms with van der Waals surface area (Å²) >= 11 is 0. The van der Waals surface area contributed by atoms with Gasteiger partial charge in [0.1, 0.15) is 0 Å². The fraction of sp³-hybridized carbons (Fsp3) is 0.750. The first-order chi connectivity index (χ1) is 7.11. The van der Waals surface area contributed by atoms with Crippen LogP contribution < -0.4 is 5.32 Å². The minimum absolute atomic E-state index is 0.695. The predicted molar refractivity (Wildman–Crippen MR) is 68.0 cm³/mol. The predicted octanol–water partition coefficient (Wildman–Crippen LogP) is 2.46. The van der Waals surface area contributed by atoms with Gasteiger partial charge in [-0.15, -0.1) is 0 Å². The zero-order chi connectivity index (χ0) is 11.7. The highest BCUT2D eigenvalue weighted by Gasteiger charge is 2.02. The minimum atomic E-state index is 0.695. The number of hydrazone groups is 1. The average Bonchev–Trinajstić information content (AvgIpc) is 2.17. The first-order valence-electron chi connectivity index (χ1n) is 5.73. The van der Waals surface area contributed by atoms with Gasteiger partial charge in [-0.25, -0.2) is 0 Å². The first-order valence-corrected chi connectivity index (χ1v) is 5.73. The van der Waals surface area contributed by atoms with Gasteiger partial charge < -0.3 is 5.32 Å². The van der Waals surface area contributed by atoms with Crippen LogP contribution in [0.4, 0.5) is 0 Å². The van der Waals surface area contributed by atoms with Gasteiger partial charge in [-0.2, -0.15) is 5.10 Å². The van der Waals surface area contributed by atoms with Crippen LogP contribution in [0.5, 0.6) is 0 Å². The van der Waals surface area contributed by atoms with Crippen LogP contribution in [-0.2, 0) is 0 Å². The van der Waals surface area contributed by atoms with Gasteiger partial charge in [0.05, 0.1) is 0 Å². The van der Waals surface area contributed by atoms with E-state index in [2.05, 4.69) is 37.3 Å².